The summed E-state index contributed by atoms with van der Waals surface area (Å²) in [6, 6.07) is 5.72. The van der Waals surface area contributed by atoms with E-state index in [1.807, 2.05) is 18.2 Å². The fraction of sp³-hybridized carbons (Fsp3) is 0.625. The molecule has 5 nitrogen and oxygen atoms in total. The summed E-state index contributed by atoms with van der Waals surface area (Å²) in [4.78, 5) is 11.5. The fourth-order valence-corrected chi connectivity index (χ4v) is 4.39. The van der Waals surface area contributed by atoms with E-state index in [9.17, 15) is 0 Å². The lowest BCUT2D eigenvalue weighted by Crippen LogP contribution is -2.52. The number of guanidine groups is 1. The molecule has 3 rings (SSSR count). The summed E-state index contributed by atoms with van der Waals surface area (Å²) in [5.74, 6) is 3.70. The third-order valence-electron chi connectivity index (χ3n) is 4.68. The monoisotopic (exact) mass is 447 g/mol. The maximum atomic E-state index is 6.05. The number of anilines is 1. The summed E-state index contributed by atoms with van der Waals surface area (Å²) in [5.41, 5.74) is 6.28. The van der Waals surface area contributed by atoms with Gasteiger partial charge in [0.25, 0.3) is 0 Å². The SMILES string of the molecule is I.NC(=NCC1(N2CCSCC2)CCCC1)Nc1ccccn1. The van der Waals surface area contributed by atoms with Gasteiger partial charge in [-0.25, -0.2) is 4.98 Å². The average Bonchev–Trinajstić information content (AvgIpc) is 3.05. The highest BCUT2D eigenvalue weighted by molar-refractivity contribution is 14.0. The number of nitrogens with one attached hydrogen (secondary N) is 1. The van der Waals surface area contributed by atoms with E-state index in [0.717, 1.165) is 12.4 Å². The van der Waals surface area contributed by atoms with Gasteiger partial charge in [-0.15, -0.1) is 24.0 Å². The minimum Gasteiger partial charge on any atom is -0.370 e. The Morgan fingerprint density at radius 2 is 2.04 bits per heavy atom. The smallest absolute Gasteiger partial charge is 0.194 e. The summed E-state index contributed by atoms with van der Waals surface area (Å²) in [5, 5.41) is 3.08. The summed E-state index contributed by atoms with van der Waals surface area (Å²) in [6.07, 6.45) is 6.87. The molecule has 1 aliphatic carbocycles. The van der Waals surface area contributed by atoms with Gasteiger partial charge >= 0.3 is 0 Å². The van der Waals surface area contributed by atoms with Gasteiger partial charge in [0.2, 0.25) is 0 Å². The predicted molar refractivity (Wildman–Crippen MR) is 110 cm³/mol. The molecule has 1 aromatic rings. The molecule has 0 radical (unpaired) electrons. The van der Waals surface area contributed by atoms with Gasteiger partial charge in [0, 0.05) is 36.3 Å². The lowest BCUT2D eigenvalue weighted by Gasteiger charge is -2.42. The van der Waals surface area contributed by atoms with Crippen molar-refractivity contribution in [1.29, 1.82) is 0 Å². The largest absolute Gasteiger partial charge is 0.370 e. The molecule has 128 valence electrons. The average molecular weight is 447 g/mol. The zero-order valence-electron chi connectivity index (χ0n) is 13.4. The van der Waals surface area contributed by atoms with Gasteiger partial charge in [0.05, 0.1) is 6.54 Å². The quantitative estimate of drug-likeness (QED) is 0.422. The molecule has 0 bridgehead atoms. The second-order valence-corrected chi connectivity index (χ2v) is 7.30. The van der Waals surface area contributed by atoms with Crippen molar-refractivity contribution in [2.24, 2.45) is 10.7 Å². The topological polar surface area (TPSA) is 66.5 Å². The molecule has 2 aliphatic rings. The number of thioether (sulfide) groups is 1. The second kappa shape index (κ2) is 9.08. The predicted octanol–water partition coefficient (Wildman–Crippen LogP) is 2.79. The first kappa shape index (κ1) is 18.8. The highest BCUT2D eigenvalue weighted by Crippen LogP contribution is 2.37. The van der Waals surface area contributed by atoms with E-state index >= 15 is 0 Å². The first-order valence-corrected chi connectivity index (χ1v) is 9.25. The lowest BCUT2D eigenvalue weighted by atomic mass is 9.95. The van der Waals surface area contributed by atoms with Crippen molar-refractivity contribution in [3.05, 3.63) is 24.4 Å². The van der Waals surface area contributed by atoms with Crippen LogP contribution in [0.1, 0.15) is 25.7 Å². The number of rotatable bonds is 4. The highest BCUT2D eigenvalue weighted by Gasteiger charge is 2.39. The third kappa shape index (κ3) is 4.96. The molecule has 0 unspecified atom stereocenters. The van der Waals surface area contributed by atoms with Gasteiger partial charge in [0.15, 0.2) is 5.96 Å². The first-order valence-electron chi connectivity index (χ1n) is 8.09. The minimum atomic E-state index is 0. The summed E-state index contributed by atoms with van der Waals surface area (Å²) < 4.78 is 0. The van der Waals surface area contributed by atoms with Crippen molar-refractivity contribution < 1.29 is 0 Å². The number of aliphatic imine (C=N–C) groups is 1. The number of pyridine rings is 1. The van der Waals surface area contributed by atoms with E-state index in [4.69, 9.17) is 5.73 Å². The Morgan fingerprint density at radius 3 is 2.70 bits per heavy atom. The number of nitrogens with zero attached hydrogens (tertiary/aromatic N) is 3. The molecule has 2 fully saturated rings. The summed E-state index contributed by atoms with van der Waals surface area (Å²) in [6.45, 7) is 3.17. The third-order valence-corrected chi connectivity index (χ3v) is 5.62. The molecule has 1 aliphatic heterocycles. The van der Waals surface area contributed by atoms with Crippen LogP contribution in [0.2, 0.25) is 0 Å². The number of hydrogen-bond acceptors (Lipinski definition) is 4. The standard InChI is InChI=1S/C16H25N5S.HI/c17-15(20-14-5-1-4-8-18-14)19-13-16(6-2-3-7-16)21-9-11-22-12-10-21;/h1,4-5,8H,2-3,6-7,9-13H2,(H3,17,18,19,20);1H. The highest BCUT2D eigenvalue weighted by atomic mass is 127. The van der Waals surface area contributed by atoms with Crippen LogP contribution in [0.25, 0.3) is 0 Å². The molecular formula is C16H26IN5S. The van der Waals surface area contributed by atoms with Gasteiger partial charge in [-0.2, -0.15) is 11.8 Å². The number of aromatic nitrogens is 1. The molecule has 0 atom stereocenters. The number of nitrogens with two attached hydrogens (primary N) is 1. The van der Waals surface area contributed by atoms with E-state index in [1.54, 1.807) is 6.20 Å². The van der Waals surface area contributed by atoms with Crippen molar-refractivity contribution in [1.82, 2.24) is 9.88 Å². The van der Waals surface area contributed by atoms with Crippen LogP contribution >= 0.6 is 35.7 Å². The molecule has 0 amide bonds. The van der Waals surface area contributed by atoms with Crippen LogP contribution < -0.4 is 11.1 Å². The Hall–Kier alpha value is -0.540. The molecule has 3 N–H and O–H groups in total. The van der Waals surface area contributed by atoms with Crippen LogP contribution in [-0.2, 0) is 0 Å². The van der Waals surface area contributed by atoms with E-state index < -0.39 is 0 Å². The molecule has 0 spiro atoms. The second-order valence-electron chi connectivity index (χ2n) is 6.07. The summed E-state index contributed by atoms with van der Waals surface area (Å²) >= 11 is 2.06. The van der Waals surface area contributed by atoms with Crippen LogP contribution in [0.3, 0.4) is 0 Å². The van der Waals surface area contributed by atoms with Crippen LogP contribution in [0.15, 0.2) is 29.4 Å². The zero-order chi connectivity index (χ0) is 15.3. The summed E-state index contributed by atoms with van der Waals surface area (Å²) in [7, 11) is 0. The van der Waals surface area contributed by atoms with Crippen LogP contribution in [0, 0.1) is 0 Å². The van der Waals surface area contributed by atoms with Crippen molar-refractivity contribution in [3.63, 3.8) is 0 Å². The molecular weight excluding hydrogens is 421 g/mol. The first-order chi connectivity index (χ1) is 10.8. The van der Waals surface area contributed by atoms with Crippen LogP contribution in [0.4, 0.5) is 5.82 Å². The van der Waals surface area contributed by atoms with Gasteiger partial charge in [-0.3, -0.25) is 9.89 Å². The Balaban J connectivity index is 0.00000192. The Morgan fingerprint density at radius 1 is 1.30 bits per heavy atom. The number of halogens is 1. The van der Waals surface area contributed by atoms with E-state index in [0.29, 0.717) is 5.96 Å². The normalized spacial score (nSPS) is 21.7. The van der Waals surface area contributed by atoms with Crippen LogP contribution in [-0.4, -0.2) is 52.5 Å². The molecule has 1 saturated carbocycles. The van der Waals surface area contributed by atoms with E-state index in [1.165, 1.54) is 50.3 Å². The van der Waals surface area contributed by atoms with Crippen molar-refractivity contribution in [2.45, 2.75) is 31.2 Å². The maximum absolute atomic E-state index is 6.05. The van der Waals surface area contributed by atoms with Crippen molar-refractivity contribution in [3.8, 4) is 0 Å². The minimum absolute atomic E-state index is 0. The molecule has 2 heterocycles. The zero-order valence-corrected chi connectivity index (χ0v) is 16.6. The number of hydrogen-bond donors (Lipinski definition) is 2. The molecule has 1 saturated heterocycles. The van der Waals surface area contributed by atoms with Crippen molar-refractivity contribution in [2.75, 3.05) is 36.5 Å². The van der Waals surface area contributed by atoms with Crippen LogP contribution in [0.5, 0.6) is 0 Å². The molecule has 1 aromatic heterocycles. The lowest BCUT2D eigenvalue weighted by molar-refractivity contribution is 0.112. The van der Waals surface area contributed by atoms with Gasteiger partial charge in [-0.05, 0) is 25.0 Å². The van der Waals surface area contributed by atoms with E-state index in [-0.39, 0.29) is 29.5 Å². The van der Waals surface area contributed by atoms with E-state index in [2.05, 4.69) is 32.0 Å². The molecule has 0 aromatic carbocycles. The molecule has 23 heavy (non-hydrogen) atoms. The molecule has 7 heteroatoms. The van der Waals surface area contributed by atoms with Gasteiger partial charge in [-0.1, -0.05) is 18.9 Å². The Bertz CT molecular complexity index is 498. The Labute approximate surface area is 159 Å². The maximum Gasteiger partial charge on any atom is 0.194 e. The fourth-order valence-electron chi connectivity index (χ4n) is 3.48. The van der Waals surface area contributed by atoms with Gasteiger partial charge in [0.1, 0.15) is 5.82 Å². The Kier molecular flexibility index (Phi) is 7.42. The van der Waals surface area contributed by atoms with Crippen molar-refractivity contribution >= 4 is 47.5 Å². The van der Waals surface area contributed by atoms with Gasteiger partial charge < -0.3 is 11.1 Å².